The van der Waals surface area contributed by atoms with E-state index in [1.165, 1.54) is 0 Å². The number of nitrogen functional groups attached to an aromatic ring is 1. The molecule has 0 aliphatic rings. The number of aliphatic hydroxyl groups excluding tert-OH is 1. The van der Waals surface area contributed by atoms with E-state index < -0.39 is 0 Å². The van der Waals surface area contributed by atoms with E-state index in [4.69, 9.17) is 15.3 Å². The van der Waals surface area contributed by atoms with Crippen molar-refractivity contribution in [1.29, 1.82) is 0 Å². The van der Waals surface area contributed by atoms with Gasteiger partial charge < -0.3 is 15.3 Å². The van der Waals surface area contributed by atoms with Crippen LogP contribution in [0.4, 0.5) is 6.01 Å². The molecule has 1 aromatic heterocycles. The number of hydrogen-bond donors (Lipinski definition) is 2. The van der Waals surface area contributed by atoms with Gasteiger partial charge in [-0.05, 0) is 6.07 Å². The first-order valence-electron chi connectivity index (χ1n) is 3.56. The summed E-state index contributed by atoms with van der Waals surface area (Å²) in [6, 6.07) is 5.46. The lowest BCUT2D eigenvalue weighted by Crippen LogP contribution is -1.85. The van der Waals surface area contributed by atoms with Gasteiger partial charge in [-0.15, -0.1) is 0 Å². The molecule has 0 aliphatic carbocycles. The third kappa shape index (κ3) is 0.931. The van der Waals surface area contributed by atoms with Gasteiger partial charge in [0, 0.05) is 5.56 Å². The number of nitrogens with zero attached hydrogens (tertiary/aromatic N) is 1. The number of para-hydroxylation sites is 1. The van der Waals surface area contributed by atoms with Gasteiger partial charge in [0.2, 0.25) is 0 Å². The molecule has 3 N–H and O–H groups in total. The van der Waals surface area contributed by atoms with Gasteiger partial charge in [0.1, 0.15) is 5.52 Å². The Morgan fingerprint density at radius 3 is 3.08 bits per heavy atom. The molecule has 0 saturated heterocycles. The van der Waals surface area contributed by atoms with Crippen molar-refractivity contribution in [1.82, 2.24) is 4.98 Å². The summed E-state index contributed by atoms with van der Waals surface area (Å²) in [6.45, 7) is -0.0523. The lowest BCUT2D eigenvalue weighted by Gasteiger charge is -1.93. The fourth-order valence-electron chi connectivity index (χ4n) is 1.15. The van der Waals surface area contributed by atoms with Crippen LogP contribution in [-0.2, 0) is 6.61 Å². The second-order valence-electron chi connectivity index (χ2n) is 2.47. The van der Waals surface area contributed by atoms with E-state index >= 15 is 0 Å². The van der Waals surface area contributed by atoms with E-state index in [-0.39, 0.29) is 12.6 Å². The second kappa shape index (κ2) is 2.49. The van der Waals surface area contributed by atoms with Crippen LogP contribution in [0.25, 0.3) is 11.1 Å². The Bertz CT molecular complexity index is 408. The summed E-state index contributed by atoms with van der Waals surface area (Å²) in [5.41, 5.74) is 7.33. The number of nitrogens with two attached hydrogens (primary N) is 1. The van der Waals surface area contributed by atoms with Crippen molar-refractivity contribution in [3.63, 3.8) is 0 Å². The fourth-order valence-corrected chi connectivity index (χ4v) is 1.15. The maximum atomic E-state index is 8.92. The van der Waals surface area contributed by atoms with Crippen molar-refractivity contribution < 1.29 is 9.52 Å². The van der Waals surface area contributed by atoms with Crippen LogP contribution < -0.4 is 5.73 Å². The maximum absolute atomic E-state index is 8.92. The molecule has 0 aliphatic heterocycles. The van der Waals surface area contributed by atoms with E-state index in [1.54, 1.807) is 18.2 Å². The molecule has 0 bridgehead atoms. The second-order valence-corrected chi connectivity index (χ2v) is 2.47. The zero-order valence-corrected chi connectivity index (χ0v) is 6.32. The molecular weight excluding hydrogens is 156 g/mol. The number of rotatable bonds is 1. The van der Waals surface area contributed by atoms with Crippen molar-refractivity contribution >= 4 is 17.1 Å². The smallest absolute Gasteiger partial charge is 0.292 e. The molecule has 0 radical (unpaired) electrons. The minimum absolute atomic E-state index is 0.0523. The zero-order chi connectivity index (χ0) is 8.55. The van der Waals surface area contributed by atoms with Crippen molar-refractivity contribution in [3.05, 3.63) is 23.8 Å². The Hall–Kier alpha value is -1.55. The van der Waals surface area contributed by atoms with Gasteiger partial charge in [-0.25, -0.2) is 0 Å². The summed E-state index contributed by atoms with van der Waals surface area (Å²) < 4.78 is 5.07. The van der Waals surface area contributed by atoms with Gasteiger partial charge in [0.25, 0.3) is 6.01 Å². The first kappa shape index (κ1) is 7.12. The molecule has 4 nitrogen and oxygen atoms in total. The first-order chi connectivity index (χ1) is 5.81. The van der Waals surface area contributed by atoms with Gasteiger partial charge in [0.15, 0.2) is 5.58 Å². The molecule has 12 heavy (non-hydrogen) atoms. The van der Waals surface area contributed by atoms with Gasteiger partial charge >= 0.3 is 0 Å². The van der Waals surface area contributed by atoms with Crippen LogP contribution in [0.1, 0.15) is 5.56 Å². The van der Waals surface area contributed by atoms with E-state index in [0.29, 0.717) is 11.1 Å². The average molecular weight is 164 g/mol. The predicted octanol–water partition coefficient (Wildman–Crippen LogP) is 0.902. The topological polar surface area (TPSA) is 72.3 Å². The molecule has 2 rings (SSSR count). The van der Waals surface area contributed by atoms with Crippen LogP contribution >= 0.6 is 0 Å². The molecule has 0 unspecified atom stereocenters. The highest BCUT2D eigenvalue weighted by molar-refractivity contribution is 5.77. The number of benzene rings is 1. The first-order valence-corrected chi connectivity index (χ1v) is 3.56. The average Bonchev–Trinajstić information content (AvgIpc) is 2.44. The minimum atomic E-state index is -0.0523. The Kier molecular flexibility index (Phi) is 1.48. The quantitative estimate of drug-likeness (QED) is 0.656. The summed E-state index contributed by atoms with van der Waals surface area (Å²) in [6.07, 6.45) is 0. The number of oxazole rings is 1. The van der Waals surface area contributed by atoms with Crippen LogP contribution in [0.2, 0.25) is 0 Å². The minimum Gasteiger partial charge on any atom is -0.424 e. The van der Waals surface area contributed by atoms with Crippen LogP contribution in [0, 0.1) is 0 Å². The molecule has 0 fully saturated rings. The van der Waals surface area contributed by atoms with E-state index in [2.05, 4.69) is 4.98 Å². The third-order valence-electron chi connectivity index (χ3n) is 1.69. The monoisotopic (exact) mass is 164 g/mol. The van der Waals surface area contributed by atoms with Crippen molar-refractivity contribution in [3.8, 4) is 0 Å². The summed E-state index contributed by atoms with van der Waals surface area (Å²) in [5.74, 6) is 0. The highest BCUT2D eigenvalue weighted by Crippen LogP contribution is 2.20. The molecular formula is C8H8N2O2. The summed E-state index contributed by atoms with van der Waals surface area (Å²) in [5, 5.41) is 8.92. The lowest BCUT2D eigenvalue weighted by atomic mass is 10.2. The Balaban J connectivity index is 2.78. The number of aromatic nitrogens is 1. The number of fused-ring (bicyclic) bond motifs is 1. The Morgan fingerprint density at radius 1 is 1.50 bits per heavy atom. The van der Waals surface area contributed by atoms with Crippen molar-refractivity contribution in [2.24, 2.45) is 0 Å². The summed E-state index contributed by atoms with van der Waals surface area (Å²) in [4.78, 5) is 3.94. The molecule has 0 spiro atoms. The van der Waals surface area contributed by atoms with E-state index in [9.17, 15) is 0 Å². The molecule has 0 saturated carbocycles. The number of anilines is 1. The van der Waals surface area contributed by atoms with Gasteiger partial charge in [-0.2, -0.15) is 4.98 Å². The molecule has 2 aromatic rings. The fraction of sp³-hybridized carbons (Fsp3) is 0.125. The van der Waals surface area contributed by atoms with Crippen molar-refractivity contribution in [2.75, 3.05) is 5.73 Å². The van der Waals surface area contributed by atoms with Gasteiger partial charge in [-0.1, -0.05) is 12.1 Å². The summed E-state index contributed by atoms with van der Waals surface area (Å²) >= 11 is 0. The van der Waals surface area contributed by atoms with Crippen LogP contribution in [0.15, 0.2) is 22.6 Å². The SMILES string of the molecule is Nc1nc2c(CO)cccc2o1. The lowest BCUT2D eigenvalue weighted by molar-refractivity contribution is 0.283. The van der Waals surface area contributed by atoms with Gasteiger partial charge in [-0.3, -0.25) is 0 Å². The molecule has 1 heterocycles. The Morgan fingerprint density at radius 2 is 2.33 bits per heavy atom. The van der Waals surface area contributed by atoms with Crippen LogP contribution in [0.3, 0.4) is 0 Å². The molecule has 1 aromatic carbocycles. The van der Waals surface area contributed by atoms with Crippen LogP contribution in [0.5, 0.6) is 0 Å². The molecule has 4 heteroatoms. The highest BCUT2D eigenvalue weighted by atomic mass is 16.4. The van der Waals surface area contributed by atoms with Crippen molar-refractivity contribution in [2.45, 2.75) is 6.61 Å². The number of hydrogen-bond acceptors (Lipinski definition) is 4. The molecule has 0 amide bonds. The third-order valence-corrected chi connectivity index (χ3v) is 1.69. The predicted molar refractivity (Wildman–Crippen MR) is 44.3 cm³/mol. The van der Waals surface area contributed by atoms with Crippen LogP contribution in [-0.4, -0.2) is 10.1 Å². The van der Waals surface area contributed by atoms with Gasteiger partial charge in [0.05, 0.1) is 6.61 Å². The summed E-state index contributed by atoms with van der Waals surface area (Å²) in [7, 11) is 0. The zero-order valence-electron chi connectivity index (χ0n) is 6.32. The normalized spacial score (nSPS) is 10.8. The molecule has 0 atom stereocenters. The standard InChI is InChI=1S/C8H8N2O2/c9-8-10-7-5(4-11)2-1-3-6(7)12-8/h1-3,11H,4H2,(H2,9,10). The Labute approximate surface area is 68.6 Å². The largest absolute Gasteiger partial charge is 0.424 e. The van der Waals surface area contributed by atoms with E-state index in [1.807, 2.05) is 0 Å². The molecule has 62 valence electrons. The highest BCUT2D eigenvalue weighted by Gasteiger charge is 2.05. The van der Waals surface area contributed by atoms with E-state index in [0.717, 1.165) is 5.56 Å². The number of aliphatic hydroxyl groups is 1. The maximum Gasteiger partial charge on any atom is 0.292 e.